The first-order valence-electron chi connectivity index (χ1n) is 9.61. The van der Waals surface area contributed by atoms with E-state index < -0.39 is 0 Å². The number of aryl methyl sites for hydroxylation is 2. The molecule has 0 spiro atoms. The number of nitrogens with zero attached hydrogens (tertiary/aromatic N) is 6. The maximum absolute atomic E-state index is 12.5. The van der Waals surface area contributed by atoms with Gasteiger partial charge in [0.25, 0.3) is 5.56 Å². The molecule has 148 valence electrons. The van der Waals surface area contributed by atoms with Gasteiger partial charge in [-0.3, -0.25) is 4.79 Å². The molecular formula is C20H21N7O2. The summed E-state index contributed by atoms with van der Waals surface area (Å²) >= 11 is 0. The molecule has 9 nitrogen and oxygen atoms in total. The molecule has 0 radical (unpaired) electrons. The second kappa shape index (κ2) is 6.93. The van der Waals surface area contributed by atoms with E-state index in [0.29, 0.717) is 19.2 Å². The molecule has 0 amide bonds. The van der Waals surface area contributed by atoms with Crippen LogP contribution in [0.3, 0.4) is 0 Å². The third-order valence-corrected chi connectivity index (χ3v) is 5.54. The van der Waals surface area contributed by atoms with Crippen LogP contribution in [0.2, 0.25) is 0 Å². The number of hydrogen-bond donors (Lipinski definition) is 1. The number of rotatable bonds is 3. The number of anilines is 2. The predicted octanol–water partition coefficient (Wildman–Crippen LogP) is 2.32. The molecule has 0 bridgehead atoms. The van der Waals surface area contributed by atoms with Gasteiger partial charge in [-0.1, -0.05) is 0 Å². The fourth-order valence-corrected chi connectivity index (χ4v) is 3.84. The monoisotopic (exact) mass is 391 g/mol. The van der Waals surface area contributed by atoms with E-state index in [4.69, 9.17) is 9.72 Å². The van der Waals surface area contributed by atoms with Crippen molar-refractivity contribution < 1.29 is 4.74 Å². The number of hydrogen-bond acceptors (Lipinski definition) is 7. The molecule has 0 saturated carbocycles. The molecule has 4 aromatic rings. The van der Waals surface area contributed by atoms with Gasteiger partial charge in [0.15, 0.2) is 5.65 Å². The Hall–Kier alpha value is -3.33. The highest BCUT2D eigenvalue weighted by molar-refractivity contribution is 5.80. The summed E-state index contributed by atoms with van der Waals surface area (Å²) in [5, 5.41) is 7.47. The minimum absolute atomic E-state index is 0.0456. The van der Waals surface area contributed by atoms with Crippen LogP contribution in [-0.4, -0.2) is 42.3 Å². The fourth-order valence-electron chi connectivity index (χ4n) is 3.84. The van der Waals surface area contributed by atoms with E-state index in [0.717, 1.165) is 46.3 Å². The minimum Gasteiger partial charge on any atom is -0.381 e. The Balaban J connectivity index is 1.60. The van der Waals surface area contributed by atoms with Crippen molar-refractivity contribution in [3.63, 3.8) is 0 Å². The van der Waals surface area contributed by atoms with Gasteiger partial charge in [-0.2, -0.15) is 5.10 Å². The van der Waals surface area contributed by atoms with Gasteiger partial charge in [0.1, 0.15) is 6.33 Å². The molecule has 0 aliphatic carbocycles. The summed E-state index contributed by atoms with van der Waals surface area (Å²) < 4.78 is 8.78. The first-order valence-corrected chi connectivity index (χ1v) is 9.61. The molecule has 0 aromatic carbocycles. The van der Waals surface area contributed by atoms with Crippen molar-refractivity contribution >= 4 is 28.3 Å². The third-order valence-electron chi connectivity index (χ3n) is 5.54. The number of pyridine rings is 2. The zero-order valence-corrected chi connectivity index (χ0v) is 16.3. The lowest BCUT2D eigenvalue weighted by atomic mass is 9.91. The summed E-state index contributed by atoms with van der Waals surface area (Å²) in [4.78, 5) is 25.9. The van der Waals surface area contributed by atoms with Crippen LogP contribution >= 0.6 is 0 Å². The molecule has 1 saturated heterocycles. The summed E-state index contributed by atoms with van der Waals surface area (Å²) in [6.07, 6.45) is 6.86. The summed E-state index contributed by atoms with van der Waals surface area (Å²) in [5.74, 6) is 0.739. The summed E-state index contributed by atoms with van der Waals surface area (Å²) in [7, 11) is 1.75. The SMILES string of the molecule is Cc1cc2ncnn2cc1Nc1ncc2c(n1)c(C1CCOCC1)cc(=O)n2C. The van der Waals surface area contributed by atoms with Gasteiger partial charge < -0.3 is 14.6 Å². The molecule has 0 unspecified atom stereocenters. The van der Waals surface area contributed by atoms with Crippen molar-refractivity contribution in [2.75, 3.05) is 18.5 Å². The molecule has 1 aliphatic rings. The fraction of sp³-hybridized carbons (Fsp3) is 0.350. The molecule has 1 N–H and O–H groups in total. The first-order chi connectivity index (χ1) is 14.1. The molecule has 1 aliphatic heterocycles. The van der Waals surface area contributed by atoms with Crippen LogP contribution < -0.4 is 10.9 Å². The van der Waals surface area contributed by atoms with Gasteiger partial charge >= 0.3 is 0 Å². The summed E-state index contributed by atoms with van der Waals surface area (Å²) in [6, 6.07) is 3.66. The average Bonchev–Trinajstić information content (AvgIpc) is 3.18. The van der Waals surface area contributed by atoms with Crippen LogP contribution in [0.15, 0.2) is 35.6 Å². The number of ether oxygens (including phenoxy) is 1. The molecule has 1 fully saturated rings. The Morgan fingerprint density at radius 3 is 2.86 bits per heavy atom. The van der Waals surface area contributed by atoms with Crippen molar-refractivity contribution in [1.29, 1.82) is 0 Å². The normalized spacial score (nSPS) is 15.2. The van der Waals surface area contributed by atoms with Crippen LogP contribution in [0.5, 0.6) is 0 Å². The topological polar surface area (TPSA) is 99.2 Å². The van der Waals surface area contributed by atoms with Gasteiger partial charge in [0.2, 0.25) is 5.95 Å². The Labute approximate surface area is 166 Å². The highest BCUT2D eigenvalue weighted by atomic mass is 16.5. The van der Waals surface area contributed by atoms with E-state index in [1.807, 2.05) is 19.2 Å². The van der Waals surface area contributed by atoms with Gasteiger partial charge in [-0.05, 0) is 42.9 Å². The van der Waals surface area contributed by atoms with E-state index >= 15 is 0 Å². The molecule has 5 rings (SSSR count). The molecule has 29 heavy (non-hydrogen) atoms. The Bertz CT molecular complexity index is 1270. The van der Waals surface area contributed by atoms with E-state index in [1.54, 1.807) is 28.4 Å². The van der Waals surface area contributed by atoms with E-state index in [1.165, 1.54) is 6.33 Å². The molecular weight excluding hydrogens is 370 g/mol. The maximum Gasteiger partial charge on any atom is 0.251 e. The summed E-state index contributed by atoms with van der Waals surface area (Å²) in [6.45, 7) is 3.40. The van der Waals surface area contributed by atoms with Gasteiger partial charge in [-0.25, -0.2) is 19.5 Å². The highest BCUT2D eigenvalue weighted by Crippen LogP contribution is 2.31. The second-order valence-electron chi connectivity index (χ2n) is 7.37. The summed E-state index contributed by atoms with van der Waals surface area (Å²) in [5.41, 5.74) is 5.10. The third kappa shape index (κ3) is 3.13. The molecule has 0 atom stereocenters. The van der Waals surface area contributed by atoms with Gasteiger partial charge in [0, 0.05) is 26.3 Å². The largest absolute Gasteiger partial charge is 0.381 e. The van der Waals surface area contributed by atoms with Crippen LogP contribution in [-0.2, 0) is 11.8 Å². The van der Waals surface area contributed by atoms with Crippen molar-refractivity contribution in [1.82, 2.24) is 29.1 Å². The van der Waals surface area contributed by atoms with Gasteiger partial charge in [-0.15, -0.1) is 0 Å². The Morgan fingerprint density at radius 2 is 2.03 bits per heavy atom. The van der Waals surface area contributed by atoms with Gasteiger partial charge in [0.05, 0.1) is 29.1 Å². The van der Waals surface area contributed by atoms with Crippen LogP contribution in [0.4, 0.5) is 11.6 Å². The molecule has 9 heteroatoms. The lowest BCUT2D eigenvalue weighted by Crippen LogP contribution is -2.22. The number of fused-ring (bicyclic) bond motifs is 2. The van der Waals surface area contributed by atoms with Crippen LogP contribution in [0, 0.1) is 6.92 Å². The number of aromatic nitrogens is 6. The second-order valence-corrected chi connectivity index (χ2v) is 7.37. The smallest absolute Gasteiger partial charge is 0.251 e. The highest BCUT2D eigenvalue weighted by Gasteiger charge is 2.21. The van der Waals surface area contributed by atoms with E-state index in [9.17, 15) is 4.79 Å². The standard InChI is InChI=1S/C20H21N7O2/c1-12-7-17-22-11-23-27(17)10-15(12)24-20-21-9-16-19(25-20)14(8-18(28)26(16)2)13-3-5-29-6-4-13/h7-11,13H,3-6H2,1-2H3,(H,21,24,25). The zero-order valence-electron chi connectivity index (χ0n) is 16.3. The quantitative estimate of drug-likeness (QED) is 0.572. The lowest BCUT2D eigenvalue weighted by Gasteiger charge is -2.23. The minimum atomic E-state index is -0.0456. The van der Waals surface area contributed by atoms with Crippen LogP contribution in [0.25, 0.3) is 16.7 Å². The van der Waals surface area contributed by atoms with E-state index in [2.05, 4.69) is 20.4 Å². The Kier molecular flexibility index (Phi) is 4.24. The van der Waals surface area contributed by atoms with Crippen LogP contribution in [0.1, 0.15) is 29.9 Å². The average molecular weight is 391 g/mol. The van der Waals surface area contributed by atoms with Crippen molar-refractivity contribution in [3.05, 3.63) is 52.3 Å². The van der Waals surface area contributed by atoms with Crippen molar-refractivity contribution in [2.24, 2.45) is 7.05 Å². The Morgan fingerprint density at radius 1 is 1.21 bits per heavy atom. The zero-order chi connectivity index (χ0) is 20.0. The lowest BCUT2D eigenvalue weighted by molar-refractivity contribution is 0.0855. The van der Waals surface area contributed by atoms with E-state index in [-0.39, 0.29) is 11.5 Å². The molecule has 5 heterocycles. The van der Waals surface area contributed by atoms with Crippen molar-refractivity contribution in [2.45, 2.75) is 25.7 Å². The van der Waals surface area contributed by atoms with Crippen molar-refractivity contribution in [3.8, 4) is 0 Å². The first kappa shape index (κ1) is 17.7. The predicted molar refractivity (Wildman–Crippen MR) is 109 cm³/mol. The maximum atomic E-state index is 12.5. The molecule has 4 aromatic heterocycles. The number of nitrogens with one attached hydrogen (secondary N) is 1.